The molecule has 20 heavy (non-hydrogen) atoms. The van der Waals surface area contributed by atoms with Crippen LogP contribution in [0, 0.1) is 28.9 Å². The van der Waals surface area contributed by atoms with E-state index in [4.69, 9.17) is 0 Å². The van der Waals surface area contributed by atoms with Crippen LogP contribution in [0.1, 0.15) is 44.6 Å². The van der Waals surface area contributed by atoms with E-state index in [-0.39, 0.29) is 10.6 Å². The number of rotatable bonds is 5. The summed E-state index contributed by atoms with van der Waals surface area (Å²) in [4.78, 5) is 10.5. The molecule has 0 aromatic heterocycles. The van der Waals surface area contributed by atoms with Crippen molar-refractivity contribution in [2.24, 2.45) is 11.8 Å². The van der Waals surface area contributed by atoms with E-state index in [9.17, 15) is 10.1 Å². The number of anilines is 1. The molecule has 1 saturated carbocycles. The van der Waals surface area contributed by atoms with Gasteiger partial charge in [-0.1, -0.05) is 32.3 Å². The lowest BCUT2D eigenvalue weighted by Gasteiger charge is -2.26. The molecule has 1 aliphatic rings. The summed E-state index contributed by atoms with van der Waals surface area (Å²) in [5, 5.41) is 14.2. The number of nitrogens with one attached hydrogen (secondary N) is 1. The molecule has 1 fully saturated rings. The van der Waals surface area contributed by atoms with Gasteiger partial charge < -0.3 is 5.32 Å². The van der Waals surface area contributed by atoms with Gasteiger partial charge in [-0.3, -0.25) is 10.1 Å². The minimum atomic E-state index is -0.340. The minimum absolute atomic E-state index is 0.157. The number of aryl methyl sites for hydroxylation is 1. The lowest BCUT2D eigenvalue weighted by atomic mass is 9.81. The van der Waals surface area contributed by atoms with Crippen LogP contribution in [-0.2, 0) is 0 Å². The molecule has 1 aromatic carbocycles. The second kappa shape index (κ2) is 6.73. The Morgan fingerprint density at radius 2 is 2.20 bits per heavy atom. The Hall–Kier alpha value is -1.58. The second-order valence-corrected chi connectivity index (χ2v) is 6.11. The highest BCUT2D eigenvalue weighted by molar-refractivity contribution is 5.56. The molecule has 1 N–H and O–H groups in total. The van der Waals surface area contributed by atoms with E-state index in [0.29, 0.717) is 0 Å². The van der Waals surface area contributed by atoms with Crippen molar-refractivity contribution in [3.8, 4) is 0 Å². The van der Waals surface area contributed by atoms with Crippen molar-refractivity contribution < 1.29 is 4.92 Å². The van der Waals surface area contributed by atoms with E-state index in [1.54, 1.807) is 12.1 Å². The van der Waals surface area contributed by atoms with Crippen molar-refractivity contribution >= 4 is 11.4 Å². The molecule has 110 valence electrons. The van der Waals surface area contributed by atoms with E-state index >= 15 is 0 Å². The molecule has 0 radical (unpaired) electrons. The average Bonchev–Trinajstić information content (AvgIpc) is 2.40. The number of nitro groups is 1. The van der Waals surface area contributed by atoms with Gasteiger partial charge in [0.1, 0.15) is 0 Å². The molecule has 4 nitrogen and oxygen atoms in total. The average molecular weight is 276 g/mol. The molecule has 0 amide bonds. The highest BCUT2D eigenvalue weighted by Gasteiger charge is 2.18. The third-order valence-electron chi connectivity index (χ3n) is 4.35. The molecule has 1 aliphatic carbocycles. The van der Waals surface area contributed by atoms with E-state index < -0.39 is 0 Å². The summed E-state index contributed by atoms with van der Waals surface area (Å²) in [6.07, 6.45) is 6.54. The third kappa shape index (κ3) is 3.95. The summed E-state index contributed by atoms with van der Waals surface area (Å²) in [5.74, 6) is 1.67. The first kappa shape index (κ1) is 14.8. The van der Waals surface area contributed by atoms with Gasteiger partial charge >= 0.3 is 0 Å². The van der Waals surface area contributed by atoms with Gasteiger partial charge in [0.25, 0.3) is 5.69 Å². The first-order chi connectivity index (χ1) is 9.56. The van der Waals surface area contributed by atoms with Crippen LogP contribution in [0.25, 0.3) is 0 Å². The van der Waals surface area contributed by atoms with Gasteiger partial charge in [-0.15, -0.1) is 0 Å². The molecule has 2 rings (SSSR count). The third-order valence-corrected chi connectivity index (χ3v) is 4.35. The summed E-state index contributed by atoms with van der Waals surface area (Å²) in [5.41, 5.74) is 2.11. The molecule has 0 bridgehead atoms. The number of nitrogens with zero attached hydrogens (tertiary/aromatic N) is 1. The SMILES string of the molecule is Cc1ccc([N+](=O)[O-])cc1NCCC1CCCC(C)C1. The second-order valence-electron chi connectivity index (χ2n) is 6.11. The fourth-order valence-corrected chi connectivity index (χ4v) is 3.15. The number of hydrogen-bond donors (Lipinski definition) is 1. The maximum Gasteiger partial charge on any atom is 0.271 e. The van der Waals surface area contributed by atoms with Crippen molar-refractivity contribution in [3.05, 3.63) is 33.9 Å². The highest BCUT2D eigenvalue weighted by atomic mass is 16.6. The summed E-state index contributed by atoms with van der Waals surface area (Å²) in [6, 6.07) is 5.01. The molecular weight excluding hydrogens is 252 g/mol. The van der Waals surface area contributed by atoms with Gasteiger partial charge in [-0.05, 0) is 37.2 Å². The van der Waals surface area contributed by atoms with Crippen molar-refractivity contribution in [2.45, 2.75) is 46.0 Å². The fraction of sp³-hybridized carbons (Fsp3) is 0.625. The fourth-order valence-electron chi connectivity index (χ4n) is 3.15. The molecule has 1 aromatic rings. The van der Waals surface area contributed by atoms with Crippen molar-refractivity contribution in [1.82, 2.24) is 0 Å². The van der Waals surface area contributed by atoms with Crippen molar-refractivity contribution in [3.63, 3.8) is 0 Å². The number of benzene rings is 1. The van der Waals surface area contributed by atoms with Crippen LogP contribution < -0.4 is 5.32 Å². The highest BCUT2D eigenvalue weighted by Crippen LogP contribution is 2.31. The lowest BCUT2D eigenvalue weighted by Crippen LogP contribution is -2.16. The van der Waals surface area contributed by atoms with E-state index in [0.717, 1.165) is 36.1 Å². The van der Waals surface area contributed by atoms with Crippen LogP contribution >= 0.6 is 0 Å². The predicted octanol–water partition coefficient (Wildman–Crippen LogP) is 4.53. The number of non-ortho nitro benzene ring substituents is 1. The van der Waals surface area contributed by atoms with Crippen LogP contribution in [0.4, 0.5) is 11.4 Å². The zero-order chi connectivity index (χ0) is 14.5. The van der Waals surface area contributed by atoms with Gasteiger partial charge in [0.2, 0.25) is 0 Å². The summed E-state index contributed by atoms with van der Waals surface area (Å²) < 4.78 is 0. The Bertz CT molecular complexity index is 474. The van der Waals surface area contributed by atoms with Crippen LogP contribution in [0.2, 0.25) is 0 Å². The van der Waals surface area contributed by atoms with Crippen LogP contribution in [0.15, 0.2) is 18.2 Å². The lowest BCUT2D eigenvalue weighted by molar-refractivity contribution is -0.384. The first-order valence-corrected chi connectivity index (χ1v) is 7.55. The Balaban J connectivity index is 1.87. The number of nitro benzene ring substituents is 1. The van der Waals surface area contributed by atoms with Gasteiger partial charge in [-0.25, -0.2) is 0 Å². The zero-order valence-electron chi connectivity index (χ0n) is 12.4. The Morgan fingerprint density at radius 1 is 1.40 bits per heavy atom. The van der Waals surface area contributed by atoms with Gasteiger partial charge in [0, 0.05) is 24.4 Å². The topological polar surface area (TPSA) is 55.2 Å². The number of hydrogen-bond acceptors (Lipinski definition) is 3. The van der Waals surface area contributed by atoms with Crippen molar-refractivity contribution in [1.29, 1.82) is 0 Å². The first-order valence-electron chi connectivity index (χ1n) is 7.55. The molecule has 4 heteroatoms. The molecule has 0 aliphatic heterocycles. The molecular formula is C16H24N2O2. The largest absolute Gasteiger partial charge is 0.385 e. The summed E-state index contributed by atoms with van der Waals surface area (Å²) in [6.45, 7) is 5.22. The quantitative estimate of drug-likeness (QED) is 0.635. The molecule has 0 heterocycles. The monoisotopic (exact) mass is 276 g/mol. The van der Waals surface area contributed by atoms with Crippen LogP contribution in [0.5, 0.6) is 0 Å². The Labute approximate surface area is 120 Å². The molecule has 2 unspecified atom stereocenters. The summed E-state index contributed by atoms with van der Waals surface area (Å²) >= 11 is 0. The van der Waals surface area contributed by atoms with E-state index in [1.165, 1.54) is 25.7 Å². The molecule has 0 saturated heterocycles. The molecule has 2 atom stereocenters. The van der Waals surface area contributed by atoms with Crippen molar-refractivity contribution in [2.75, 3.05) is 11.9 Å². The Kier molecular flexibility index (Phi) is 4.99. The van der Waals surface area contributed by atoms with Gasteiger partial charge in [-0.2, -0.15) is 0 Å². The minimum Gasteiger partial charge on any atom is -0.385 e. The van der Waals surface area contributed by atoms with Crippen LogP contribution in [0.3, 0.4) is 0 Å². The smallest absolute Gasteiger partial charge is 0.271 e. The van der Waals surface area contributed by atoms with E-state index in [1.807, 2.05) is 13.0 Å². The molecule has 0 spiro atoms. The maximum atomic E-state index is 10.8. The van der Waals surface area contributed by atoms with Gasteiger partial charge in [0.15, 0.2) is 0 Å². The van der Waals surface area contributed by atoms with Gasteiger partial charge in [0.05, 0.1) is 4.92 Å². The zero-order valence-corrected chi connectivity index (χ0v) is 12.4. The predicted molar refractivity (Wildman–Crippen MR) is 82.1 cm³/mol. The maximum absolute atomic E-state index is 10.8. The summed E-state index contributed by atoms with van der Waals surface area (Å²) in [7, 11) is 0. The Morgan fingerprint density at radius 3 is 2.90 bits per heavy atom. The van der Waals surface area contributed by atoms with E-state index in [2.05, 4.69) is 12.2 Å². The normalized spacial score (nSPS) is 22.5. The standard InChI is InChI=1S/C16H24N2O2/c1-12-4-3-5-14(10-12)8-9-17-16-11-15(18(19)20)7-6-13(16)2/h6-7,11-12,14,17H,3-5,8-10H2,1-2H3. The van der Waals surface area contributed by atoms with Crippen LogP contribution in [-0.4, -0.2) is 11.5 Å².